The summed E-state index contributed by atoms with van der Waals surface area (Å²) in [4.78, 5) is 6.74. The van der Waals surface area contributed by atoms with Crippen molar-refractivity contribution in [1.82, 2.24) is 9.97 Å². The van der Waals surface area contributed by atoms with E-state index < -0.39 is 35.3 Å². The predicted octanol–water partition coefficient (Wildman–Crippen LogP) is 7.96. The lowest BCUT2D eigenvalue weighted by molar-refractivity contribution is 0.309. The smallest absolute Gasteiger partial charge is 0.373 e. The van der Waals surface area contributed by atoms with Gasteiger partial charge in [-0.15, -0.1) is 0 Å². The second kappa shape index (κ2) is 14.3. The number of alkyl halides is 2. The molecule has 0 aliphatic rings. The van der Waals surface area contributed by atoms with Gasteiger partial charge in [0.05, 0.1) is 28.6 Å². The zero-order chi connectivity index (χ0) is 30.1. The third-order valence-corrected chi connectivity index (χ3v) is 7.82. The van der Waals surface area contributed by atoms with Crippen molar-refractivity contribution in [3.8, 4) is 5.75 Å². The Labute approximate surface area is 251 Å². The highest BCUT2D eigenvalue weighted by Crippen LogP contribution is 2.30. The number of aromatic nitrogens is 2. The molecule has 1 aromatic heterocycles. The molecule has 2 atom stereocenters. The Morgan fingerprint density at radius 2 is 1.31 bits per heavy atom. The van der Waals surface area contributed by atoms with Gasteiger partial charge in [-0.1, -0.05) is 83.0 Å². The van der Waals surface area contributed by atoms with Gasteiger partial charge < -0.3 is 14.4 Å². The first-order valence-corrected chi connectivity index (χ1v) is 14.7. The van der Waals surface area contributed by atoms with Crippen LogP contribution in [0.15, 0.2) is 113 Å². The molecule has 12 heteroatoms. The van der Waals surface area contributed by atoms with Crippen LogP contribution < -0.4 is 4.18 Å². The molecule has 0 amide bonds. The van der Waals surface area contributed by atoms with Gasteiger partial charge >= 0.3 is 10.1 Å². The number of para-hydroxylation sites is 3. The first kappa shape index (κ1) is 31.0. The summed E-state index contributed by atoms with van der Waals surface area (Å²) in [5.74, 6) is -1.45. The topological polar surface area (TPSA) is 105 Å². The lowest BCUT2D eigenvalue weighted by atomic mass is 9.84. The van der Waals surface area contributed by atoms with Crippen LogP contribution >= 0.6 is 23.2 Å². The lowest BCUT2D eigenvalue weighted by Gasteiger charge is -2.22. The van der Waals surface area contributed by atoms with E-state index in [1.54, 1.807) is 103 Å². The molecule has 0 saturated carbocycles. The Balaban J connectivity index is 0.000000196. The van der Waals surface area contributed by atoms with E-state index in [1.807, 2.05) is 0 Å². The van der Waals surface area contributed by atoms with Crippen molar-refractivity contribution < 1.29 is 26.6 Å². The number of nitrogens with zero attached hydrogens (tertiary/aromatic N) is 2. The van der Waals surface area contributed by atoms with Crippen LogP contribution in [-0.2, 0) is 10.1 Å². The molecule has 42 heavy (non-hydrogen) atoms. The SMILES string of the molecule is O=S(=O)(Oc1ccccc1)c1nc2ccccc2[nH]1.ON=C(C(CF)c1ccc(Cl)cc1)C(CF)c1ccc(Cl)cc1. The predicted molar refractivity (Wildman–Crippen MR) is 160 cm³/mol. The van der Waals surface area contributed by atoms with Crippen molar-refractivity contribution in [2.24, 2.45) is 5.16 Å². The van der Waals surface area contributed by atoms with Gasteiger partial charge in [-0.3, -0.25) is 8.78 Å². The van der Waals surface area contributed by atoms with Gasteiger partial charge in [-0.2, -0.15) is 8.42 Å². The number of aromatic amines is 1. The Hall–Kier alpha value is -3.99. The number of fused-ring (bicyclic) bond motifs is 1. The van der Waals surface area contributed by atoms with Crippen LogP contribution in [0.3, 0.4) is 0 Å². The highest BCUT2D eigenvalue weighted by atomic mass is 35.5. The van der Waals surface area contributed by atoms with Crippen molar-refractivity contribution in [1.29, 1.82) is 0 Å². The van der Waals surface area contributed by atoms with Crippen molar-refractivity contribution in [2.75, 3.05) is 13.3 Å². The molecule has 1 heterocycles. The van der Waals surface area contributed by atoms with Gasteiger partial charge in [0.1, 0.15) is 19.1 Å². The summed E-state index contributed by atoms with van der Waals surface area (Å²) >= 11 is 11.7. The highest BCUT2D eigenvalue weighted by Gasteiger charge is 2.28. The molecule has 0 bridgehead atoms. The largest absolute Gasteiger partial charge is 0.411 e. The molecule has 7 nitrogen and oxygen atoms in total. The van der Waals surface area contributed by atoms with Gasteiger partial charge in [-0.25, -0.2) is 4.98 Å². The number of nitrogens with one attached hydrogen (secondary N) is 1. The van der Waals surface area contributed by atoms with Gasteiger partial charge in [0.15, 0.2) is 0 Å². The minimum absolute atomic E-state index is 0.0274. The number of imidazole rings is 1. The molecular formula is C30H25Cl2F2N3O4S. The summed E-state index contributed by atoms with van der Waals surface area (Å²) in [7, 11) is -3.94. The van der Waals surface area contributed by atoms with Crippen molar-refractivity contribution in [2.45, 2.75) is 17.0 Å². The number of rotatable bonds is 9. The van der Waals surface area contributed by atoms with Crippen LogP contribution in [-0.4, -0.2) is 42.7 Å². The van der Waals surface area contributed by atoms with E-state index in [-0.39, 0.29) is 16.6 Å². The van der Waals surface area contributed by atoms with Crippen molar-refractivity contribution in [3.63, 3.8) is 0 Å². The second-order valence-electron chi connectivity index (χ2n) is 8.95. The molecule has 0 spiro atoms. The van der Waals surface area contributed by atoms with Crippen LogP contribution in [0.1, 0.15) is 23.0 Å². The maximum atomic E-state index is 13.6. The molecule has 0 radical (unpaired) electrons. The van der Waals surface area contributed by atoms with E-state index in [0.717, 1.165) is 0 Å². The van der Waals surface area contributed by atoms with E-state index in [9.17, 15) is 22.4 Å². The molecule has 0 fully saturated rings. The maximum absolute atomic E-state index is 13.6. The van der Waals surface area contributed by atoms with Gasteiger partial charge in [-0.05, 0) is 59.7 Å². The third kappa shape index (κ3) is 7.64. The van der Waals surface area contributed by atoms with E-state index >= 15 is 0 Å². The number of benzene rings is 4. The van der Waals surface area contributed by atoms with Gasteiger partial charge in [0.2, 0.25) is 0 Å². The van der Waals surface area contributed by atoms with Crippen LogP contribution in [0.25, 0.3) is 11.0 Å². The summed E-state index contributed by atoms with van der Waals surface area (Å²) in [5, 5.41) is 13.4. The van der Waals surface area contributed by atoms with Gasteiger partial charge in [0.25, 0.3) is 5.16 Å². The summed E-state index contributed by atoms with van der Waals surface area (Å²) in [6.45, 7) is -1.63. The van der Waals surface area contributed by atoms with Crippen LogP contribution in [0, 0.1) is 0 Å². The van der Waals surface area contributed by atoms with E-state index in [2.05, 4.69) is 15.1 Å². The average Bonchev–Trinajstić information content (AvgIpc) is 3.45. The van der Waals surface area contributed by atoms with E-state index in [4.69, 9.17) is 27.4 Å². The van der Waals surface area contributed by atoms with E-state index in [0.29, 0.717) is 32.2 Å². The van der Waals surface area contributed by atoms with E-state index in [1.165, 1.54) is 0 Å². The fourth-order valence-corrected chi connectivity index (χ4v) is 5.28. The number of halogens is 4. The molecule has 5 rings (SSSR count). The molecule has 0 aliphatic carbocycles. The molecule has 4 aromatic carbocycles. The fraction of sp³-hybridized carbons (Fsp3) is 0.133. The van der Waals surface area contributed by atoms with Crippen molar-refractivity contribution in [3.05, 3.63) is 124 Å². The minimum Gasteiger partial charge on any atom is -0.411 e. The lowest BCUT2D eigenvalue weighted by Crippen LogP contribution is -2.24. The number of hydrogen-bond acceptors (Lipinski definition) is 6. The Morgan fingerprint density at radius 1 is 0.810 bits per heavy atom. The summed E-state index contributed by atoms with van der Waals surface area (Å²) in [6, 6.07) is 28.4. The summed E-state index contributed by atoms with van der Waals surface area (Å²) < 4.78 is 56.3. The number of H-pyrrole nitrogens is 1. The molecule has 2 N–H and O–H groups in total. The molecule has 2 unspecified atom stereocenters. The minimum atomic E-state index is -3.94. The summed E-state index contributed by atoms with van der Waals surface area (Å²) in [5.41, 5.74) is 2.39. The Bertz CT molecular complexity index is 1650. The second-order valence-corrected chi connectivity index (χ2v) is 11.3. The zero-order valence-corrected chi connectivity index (χ0v) is 24.2. The quantitative estimate of drug-likeness (QED) is 0.0743. The van der Waals surface area contributed by atoms with Crippen molar-refractivity contribution >= 4 is 50.1 Å². The molecular weight excluding hydrogens is 607 g/mol. The molecule has 0 saturated heterocycles. The van der Waals surface area contributed by atoms with Crippen LogP contribution in [0.4, 0.5) is 8.78 Å². The van der Waals surface area contributed by atoms with Gasteiger partial charge in [0, 0.05) is 10.0 Å². The normalized spacial score (nSPS) is 12.6. The standard InChI is InChI=1S/C17H15Cl2F2NO.C13H10N2O3S/c18-13-5-1-11(2-6-13)15(9-20)17(22-23)16(10-21)12-3-7-14(19)8-4-12;16-19(17,18-10-6-2-1-3-7-10)13-14-11-8-4-5-9-12(11)15-13/h1-8,15-16,23H,9-10H2;1-9H,(H,14,15). The monoisotopic (exact) mass is 631 g/mol. The molecule has 0 aliphatic heterocycles. The molecule has 218 valence electrons. The fourth-order valence-electron chi connectivity index (χ4n) is 4.14. The summed E-state index contributed by atoms with van der Waals surface area (Å²) in [6.07, 6.45) is 0. The first-order chi connectivity index (χ1) is 20.2. The zero-order valence-electron chi connectivity index (χ0n) is 21.9. The average molecular weight is 633 g/mol. The molecule has 5 aromatic rings. The maximum Gasteiger partial charge on any atom is 0.373 e. The third-order valence-electron chi connectivity index (χ3n) is 6.24. The Kier molecular flexibility index (Phi) is 10.5. The van der Waals surface area contributed by atoms with Crippen LogP contribution in [0.5, 0.6) is 5.75 Å². The number of oxime groups is 1. The Morgan fingerprint density at radius 3 is 1.79 bits per heavy atom. The number of hydrogen-bond donors (Lipinski definition) is 2. The first-order valence-electron chi connectivity index (χ1n) is 12.5. The highest BCUT2D eigenvalue weighted by molar-refractivity contribution is 7.86. The van der Waals surface area contributed by atoms with Crippen LogP contribution in [0.2, 0.25) is 10.0 Å².